The Bertz CT molecular complexity index is 1130. The van der Waals surface area contributed by atoms with Gasteiger partial charge in [0.1, 0.15) is 6.10 Å². The molecule has 1 aliphatic heterocycles. The summed E-state index contributed by atoms with van der Waals surface area (Å²) < 4.78 is 1.73. The lowest BCUT2D eigenvalue weighted by Crippen LogP contribution is -2.50. The number of piperidine rings is 1. The van der Waals surface area contributed by atoms with Crippen LogP contribution in [0, 0.1) is 5.92 Å². The van der Waals surface area contributed by atoms with E-state index in [9.17, 15) is 14.7 Å². The maximum atomic E-state index is 12.3. The Kier molecular flexibility index (Phi) is 6.09. The monoisotopic (exact) mass is 436 g/mol. The standard InChI is InChI=1S/C23H28N6O3/c1-3-15-12-28(23(32)14(2)30)9-6-19(15)27-21-18(22(24)31)11-26-29-13-17(10-20(21)29)16-4-7-25-8-5-16/h4-5,7-8,10-11,13-15,19,27,30H,3,6,9,12H2,1-2H3,(H2,24,31)/t14?,15-,19-/m1/s1. The molecule has 0 radical (unpaired) electrons. The zero-order valence-electron chi connectivity index (χ0n) is 18.2. The minimum Gasteiger partial charge on any atom is -0.384 e. The molecule has 4 rings (SSSR count). The highest BCUT2D eigenvalue weighted by Gasteiger charge is 2.32. The van der Waals surface area contributed by atoms with Crippen molar-refractivity contribution in [1.29, 1.82) is 0 Å². The number of carbonyl (C=O) groups is 2. The smallest absolute Gasteiger partial charge is 0.252 e. The number of fused-ring (bicyclic) bond motifs is 1. The number of nitrogens with zero attached hydrogens (tertiary/aromatic N) is 4. The van der Waals surface area contributed by atoms with Gasteiger partial charge in [0.2, 0.25) is 0 Å². The highest BCUT2D eigenvalue weighted by Crippen LogP contribution is 2.31. The lowest BCUT2D eigenvalue weighted by Gasteiger charge is -2.39. The SMILES string of the molecule is CC[C@@H]1CN(C(=O)C(C)O)CC[C@H]1Nc1c(C(N)=O)cnn2cc(-c3ccncc3)cc12. The summed E-state index contributed by atoms with van der Waals surface area (Å²) in [4.78, 5) is 30.2. The molecule has 4 N–H and O–H groups in total. The zero-order chi connectivity index (χ0) is 22.8. The van der Waals surface area contributed by atoms with Gasteiger partial charge in [-0.1, -0.05) is 6.92 Å². The fraction of sp³-hybridized carbons (Fsp3) is 0.391. The molecule has 9 nitrogen and oxygen atoms in total. The van der Waals surface area contributed by atoms with E-state index in [0.717, 1.165) is 23.1 Å². The van der Waals surface area contributed by atoms with Crippen LogP contribution in [-0.2, 0) is 4.79 Å². The van der Waals surface area contributed by atoms with Crippen LogP contribution in [0.4, 0.5) is 5.69 Å². The number of nitrogens with one attached hydrogen (secondary N) is 1. The van der Waals surface area contributed by atoms with Crippen LogP contribution in [0.1, 0.15) is 37.0 Å². The molecule has 3 aromatic heterocycles. The Morgan fingerprint density at radius 2 is 2.06 bits per heavy atom. The molecule has 3 atom stereocenters. The van der Waals surface area contributed by atoms with Crippen LogP contribution in [0.2, 0.25) is 0 Å². The average Bonchev–Trinajstić information content (AvgIpc) is 3.24. The van der Waals surface area contributed by atoms with Crippen LogP contribution in [-0.4, -0.2) is 61.7 Å². The quantitative estimate of drug-likeness (QED) is 0.542. The van der Waals surface area contributed by atoms with Gasteiger partial charge in [0.15, 0.2) is 0 Å². The number of carbonyl (C=O) groups excluding carboxylic acids is 2. The number of amides is 2. The number of hydrogen-bond acceptors (Lipinski definition) is 6. The van der Waals surface area contributed by atoms with Gasteiger partial charge in [-0.15, -0.1) is 0 Å². The van der Waals surface area contributed by atoms with E-state index in [0.29, 0.717) is 30.8 Å². The maximum Gasteiger partial charge on any atom is 0.252 e. The Morgan fingerprint density at radius 1 is 1.31 bits per heavy atom. The number of primary amides is 1. The summed E-state index contributed by atoms with van der Waals surface area (Å²) in [7, 11) is 0. The molecule has 4 heterocycles. The molecule has 1 saturated heterocycles. The van der Waals surface area contributed by atoms with Crippen molar-refractivity contribution in [1.82, 2.24) is 19.5 Å². The van der Waals surface area contributed by atoms with Crippen molar-refractivity contribution in [3.05, 3.63) is 48.5 Å². The summed E-state index contributed by atoms with van der Waals surface area (Å²) in [5.74, 6) is -0.640. The molecule has 9 heteroatoms. The number of aromatic nitrogens is 3. The first-order chi connectivity index (χ1) is 15.4. The van der Waals surface area contributed by atoms with Crippen LogP contribution >= 0.6 is 0 Å². The van der Waals surface area contributed by atoms with E-state index in [4.69, 9.17) is 5.73 Å². The molecule has 1 unspecified atom stereocenters. The maximum absolute atomic E-state index is 12.3. The number of hydrogen-bond donors (Lipinski definition) is 3. The van der Waals surface area contributed by atoms with Crippen LogP contribution in [0.25, 0.3) is 16.6 Å². The highest BCUT2D eigenvalue weighted by atomic mass is 16.3. The largest absolute Gasteiger partial charge is 0.384 e. The molecule has 0 spiro atoms. The summed E-state index contributed by atoms with van der Waals surface area (Å²) >= 11 is 0. The Balaban J connectivity index is 1.68. The molecular formula is C23H28N6O3. The fourth-order valence-corrected chi connectivity index (χ4v) is 4.38. The molecule has 0 aromatic carbocycles. The van der Waals surface area contributed by atoms with Gasteiger partial charge in [0.05, 0.1) is 23.0 Å². The van der Waals surface area contributed by atoms with E-state index >= 15 is 0 Å². The van der Waals surface area contributed by atoms with Crippen LogP contribution < -0.4 is 11.1 Å². The number of pyridine rings is 1. The Labute approximate surface area is 186 Å². The summed E-state index contributed by atoms with van der Waals surface area (Å²) in [5, 5.41) is 17.6. The van der Waals surface area contributed by atoms with Crippen molar-refractivity contribution in [3.63, 3.8) is 0 Å². The van der Waals surface area contributed by atoms with Crippen molar-refractivity contribution >= 4 is 23.0 Å². The van der Waals surface area contributed by atoms with E-state index in [1.54, 1.807) is 21.8 Å². The lowest BCUT2D eigenvalue weighted by molar-refractivity contribution is -0.141. The van der Waals surface area contributed by atoms with Gasteiger partial charge < -0.3 is 21.1 Å². The predicted octanol–water partition coefficient (Wildman–Crippen LogP) is 1.92. The van der Waals surface area contributed by atoms with Gasteiger partial charge in [0.25, 0.3) is 11.8 Å². The van der Waals surface area contributed by atoms with E-state index in [1.165, 1.54) is 13.1 Å². The van der Waals surface area contributed by atoms with Gasteiger partial charge >= 0.3 is 0 Å². The van der Waals surface area contributed by atoms with E-state index in [1.807, 2.05) is 24.4 Å². The van der Waals surface area contributed by atoms with Crippen molar-refractivity contribution in [2.45, 2.75) is 38.8 Å². The Hall–Kier alpha value is -3.46. The zero-order valence-corrected chi connectivity index (χ0v) is 18.2. The third-order valence-electron chi connectivity index (χ3n) is 6.17. The third kappa shape index (κ3) is 4.16. The molecule has 32 heavy (non-hydrogen) atoms. The second-order valence-corrected chi connectivity index (χ2v) is 8.26. The van der Waals surface area contributed by atoms with Crippen LogP contribution in [0.5, 0.6) is 0 Å². The molecule has 0 aliphatic carbocycles. The van der Waals surface area contributed by atoms with Gasteiger partial charge in [-0.25, -0.2) is 4.52 Å². The van der Waals surface area contributed by atoms with E-state index in [2.05, 4.69) is 22.3 Å². The first kappa shape index (κ1) is 21.8. The van der Waals surface area contributed by atoms with Crippen molar-refractivity contribution < 1.29 is 14.7 Å². The number of nitrogens with two attached hydrogens (primary N) is 1. The summed E-state index contributed by atoms with van der Waals surface area (Å²) in [6.07, 6.45) is 7.38. The number of likely N-dealkylation sites (tertiary alicyclic amines) is 1. The van der Waals surface area contributed by atoms with Crippen LogP contribution in [0.3, 0.4) is 0 Å². The highest BCUT2D eigenvalue weighted by molar-refractivity contribution is 6.02. The molecular weight excluding hydrogens is 408 g/mol. The second-order valence-electron chi connectivity index (χ2n) is 8.26. The second kappa shape index (κ2) is 8.96. The van der Waals surface area contributed by atoms with Gasteiger partial charge in [-0.2, -0.15) is 5.10 Å². The minimum atomic E-state index is -1.01. The number of anilines is 1. The normalized spacial score (nSPS) is 19.7. The van der Waals surface area contributed by atoms with Gasteiger partial charge in [0, 0.05) is 43.3 Å². The molecule has 3 aromatic rings. The van der Waals surface area contributed by atoms with Gasteiger partial charge in [-0.3, -0.25) is 14.6 Å². The molecule has 0 bridgehead atoms. The summed E-state index contributed by atoms with van der Waals surface area (Å²) in [6.45, 7) is 4.65. The summed E-state index contributed by atoms with van der Waals surface area (Å²) in [6, 6.07) is 5.85. The predicted molar refractivity (Wildman–Crippen MR) is 121 cm³/mol. The van der Waals surface area contributed by atoms with Crippen molar-refractivity contribution in [3.8, 4) is 11.1 Å². The number of rotatable bonds is 6. The molecule has 0 saturated carbocycles. The number of aliphatic hydroxyl groups excluding tert-OH is 1. The average molecular weight is 437 g/mol. The van der Waals surface area contributed by atoms with E-state index < -0.39 is 12.0 Å². The van der Waals surface area contributed by atoms with Gasteiger partial charge in [-0.05, 0) is 49.4 Å². The first-order valence-corrected chi connectivity index (χ1v) is 10.8. The minimum absolute atomic E-state index is 0.0432. The van der Waals surface area contributed by atoms with Crippen molar-refractivity contribution in [2.24, 2.45) is 11.7 Å². The molecule has 1 fully saturated rings. The molecule has 1 aliphatic rings. The summed E-state index contributed by atoms with van der Waals surface area (Å²) in [5.41, 5.74) is 9.35. The molecule has 168 valence electrons. The topological polar surface area (TPSA) is 126 Å². The number of aliphatic hydroxyl groups is 1. The Morgan fingerprint density at radius 3 is 2.72 bits per heavy atom. The fourth-order valence-electron chi connectivity index (χ4n) is 4.38. The third-order valence-corrected chi connectivity index (χ3v) is 6.17. The van der Waals surface area contributed by atoms with Crippen molar-refractivity contribution in [2.75, 3.05) is 18.4 Å². The van der Waals surface area contributed by atoms with E-state index in [-0.39, 0.29) is 17.9 Å². The first-order valence-electron chi connectivity index (χ1n) is 10.8. The molecule has 2 amide bonds. The van der Waals surface area contributed by atoms with Crippen LogP contribution in [0.15, 0.2) is 43.0 Å². The lowest BCUT2D eigenvalue weighted by atomic mass is 9.89.